The van der Waals surface area contributed by atoms with Gasteiger partial charge in [-0.15, -0.1) is 0 Å². The Kier molecular flexibility index (Phi) is 8.38. The predicted octanol–water partition coefficient (Wildman–Crippen LogP) is 2.84. The van der Waals surface area contributed by atoms with E-state index in [1.165, 1.54) is 12.8 Å². The number of nitrogens with one attached hydrogen (secondary N) is 3. The topological polar surface area (TPSA) is 71.6 Å². The van der Waals surface area contributed by atoms with Crippen LogP contribution >= 0.6 is 15.9 Å². The van der Waals surface area contributed by atoms with Crippen LogP contribution in [0.5, 0.6) is 11.5 Å². The first kappa shape index (κ1) is 22.0. The Morgan fingerprint density at radius 3 is 2.63 bits per heavy atom. The van der Waals surface area contributed by atoms with Crippen molar-refractivity contribution < 1.29 is 14.3 Å². The summed E-state index contributed by atoms with van der Waals surface area (Å²) in [6, 6.07) is 3.79. The van der Waals surface area contributed by atoms with Crippen LogP contribution in [0.15, 0.2) is 16.6 Å². The van der Waals surface area contributed by atoms with Gasteiger partial charge in [0.1, 0.15) is 0 Å². The number of methoxy groups -OCH3 is 1. The van der Waals surface area contributed by atoms with E-state index in [1.54, 1.807) is 7.11 Å². The number of halogens is 1. The molecule has 0 aliphatic carbocycles. The number of ether oxygens (including phenoxy) is 2. The van der Waals surface area contributed by atoms with Crippen LogP contribution in [-0.2, 0) is 11.3 Å². The van der Waals surface area contributed by atoms with E-state index in [4.69, 9.17) is 9.47 Å². The largest absolute Gasteiger partial charge is 0.493 e. The minimum atomic E-state index is -0.291. The fourth-order valence-electron chi connectivity index (χ4n) is 3.15. The highest BCUT2D eigenvalue weighted by Crippen LogP contribution is 2.36. The molecule has 0 aromatic heterocycles. The van der Waals surface area contributed by atoms with Crippen molar-refractivity contribution in [3.63, 3.8) is 0 Å². The maximum atomic E-state index is 12.1. The molecule has 7 heteroatoms. The number of benzene rings is 1. The first-order valence-corrected chi connectivity index (χ1v) is 10.3. The third-order valence-corrected chi connectivity index (χ3v) is 5.19. The van der Waals surface area contributed by atoms with Gasteiger partial charge in [-0.25, -0.2) is 0 Å². The van der Waals surface area contributed by atoms with E-state index in [2.05, 4.69) is 31.9 Å². The van der Waals surface area contributed by atoms with E-state index in [1.807, 2.05) is 32.9 Å². The van der Waals surface area contributed by atoms with E-state index < -0.39 is 0 Å². The van der Waals surface area contributed by atoms with Gasteiger partial charge < -0.3 is 25.4 Å². The second-order valence-electron chi connectivity index (χ2n) is 7.97. The summed E-state index contributed by atoms with van der Waals surface area (Å²) in [5, 5.41) is 9.83. The van der Waals surface area contributed by atoms with Crippen molar-refractivity contribution in [1.29, 1.82) is 0 Å². The van der Waals surface area contributed by atoms with Gasteiger partial charge in [-0.3, -0.25) is 4.79 Å². The van der Waals surface area contributed by atoms with Crippen molar-refractivity contribution >= 4 is 21.8 Å². The van der Waals surface area contributed by atoms with Gasteiger partial charge in [0.2, 0.25) is 0 Å². The van der Waals surface area contributed by atoms with Crippen molar-refractivity contribution in [3.05, 3.63) is 22.2 Å². The molecule has 1 aliphatic rings. The van der Waals surface area contributed by atoms with E-state index >= 15 is 0 Å². The summed E-state index contributed by atoms with van der Waals surface area (Å²) >= 11 is 3.61. The van der Waals surface area contributed by atoms with Gasteiger partial charge in [0.05, 0.1) is 7.11 Å². The number of rotatable bonds is 8. The predicted molar refractivity (Wildman–Crippen MR) is 111 cm³/mol. The Morgan fingerprint density at radius 2 is 2.00 bits per heavy atom. The zero-order chi connectivity index (χ0) is 19.9. The van der Waals surface area contributed by atoms with Gasteiger partial charge >= 0.3 is 0 Å². The van der Waals surface area contributed by atoms with Crippen LogP contribution in [0.1, 0.15) is 39.2 Å². The minimum Gasteiger partial charge on any atom is -0.493 e. The molecule has 1 aromatic rings. The van der Waals surface area contributed by atoms with Gasteiger partial charge in [-0.2, -0.15) is 0 Å². The van der Waals surface area contributed by atoms with Crippen LogP contribution < -0.4 is 25.4 Å². The fourth-order valence-corrected chi connectivity index (χ4v) is 3.60. The Hall–Kier alpha value is -1.31. The van der Waals surface area contributed by atoms with Crippen LogP contribution in [0, 0.1) is 5.92 Å². The number of hydrogen-bond donors (Lipinski definition) is 3. The summed E-state index contributed by atoms with van der Waals surface area (Å²) in [5.74, 6) is 1.77. The lowest BCUT2D eigenvalue weighted by Crippen LogP contribution is -2.43. The molecule has 0 saturated carbocycles. The molecule has 1 aromatic carbocycles. The van der Waals surface area contributed by atoms with Crippen molar-refractivity contribution in [2.24, 2.45) is 5.92 Å². The van der Waals surface area contributed by atoms with Crippen LogP contribution in [0.4, 0.5) is 0 Å². The first-order chi connectivity index (χ1) is 12.8. The summed E-state index contributed by atoms with van der Waals surface area (Å²) in [4.78, 5) is 12.1. The average molecular weight is 442 g/mol. The lowest BCUT2D eigenvalue weighted by molar-refractivity contribution is -0.124. The van der Waals surface area contributed by atoms with Gasteiger partial charge in [-0.05, 0) is 71.3 Å². The van der Waals surface area contributed by atoms with E-state index in [0.29, 0.717) is 24.0 Å². The van der Waals surface area contributed by atoms with Crippen molar-refractivity contribution in [1.82, 2.24) is 16.0 Å². The SMILES string of the molecule is COc1ccc(Br)c(CNCC2CCNCC2)c1OCC(=O)NC(C)(C)C. The minimum absolute atomic E-state index is 0.0502. The second kappa shape index (κ2) is 10.3. The van der Waals surface area contributed by atoms with Crippen molar-refractivity contribution in [2.45, 2.75) is 45.7 Å². The molecule has 6 nitrogen and oxygen atoms in total. The molecular formula is C20H32BrN3O3. The van der Waals surface area contributed by atoms with Gasteiger partial charge in [-0.1, -0.05) is 15.9 Å². The van der Waals surface area contributed by atoms with Crippen LogP contribution in [-0.4, -0.2) is 44.8 Å². The molecule has 1 saturated heterocycles. The Morgan fingerprint density at radius 1 is 1.30 bits per heavy atom. The standard InChI is InChI=1S/C20H32BrN3O3/c1-20(2,3)24-18(25)13-27-19-15(16(21)5-6-17(19)26-4)12-23-11-14-7-9-22-10-8-14/h5-6,14,22-23H,7-13H2,1-4H3,(H,24,25). The molecule has 0 atom stereocenters. The molecule has 0 radical (unpaired) electrons. The molecule has 1 amide bonds. The summed E-state index contributed by atoms with van der Waals surface area (Å²) in [5.41, 5.74) is 0.674. The molecule has 2 rings (SSSR count). The summed E-state index contributed by atoms with van der Waals surface area (Å²) < 4.78 is 12.3. The van der Waals surface area contributed by atoms with Gasteiger partial charge in [0.15, 0.2) is 18.1 Å². The highest BCUT2D eigenvalue weighted by Gasteiger charge is 2.19. The lowest BCUT2D eigenvalue weighted by Gasteiger charge is -2.24. The molecular weight excluding hydrogens is 410 g/mol. The normalized spacial score (nSPS) is 15.4. The average Bonchev–Trinajstić information content (AvgIpc) is 2.61. The van der Waals surface area contributed by atoms with Crippen molar-refractivity contribution in [2.75, 3.05) is 33.4 Å². The van der Waals surface area contributed by atoms with Gasteiger partial charge in [0, 0.05) is 22.1 Å². The van der Waals surface area contributed by atoms with E-state index in [-0.39, 0.29) is 18.1 Å². The Bertz CT molecular complexity index is 626. The van der Waals surface area contributed by atoms with E-state index in [0.717, 1.165) is 29.7 Å². The van der Waals surface area contributed by atoms with Crippen LogP contribution in [0.25, 0.3) is 0 Å². The molecule has 0 spiro atoms. The number of amides is 1. The first-order valence-electron chi connectivity index (χ1n) is 9.51. The Labute approximate surface area is 170 Å². The summed E-state index contributed by atoms with van der Waals surface area (Å²) in [6.45, 7) is 9.58. The number of piperidine rings is 1. The number of carbonyl (C=O) groups is 1. The highest BCUT2D eigenvalue weighted by molar-refractivity contribution is 9.10. The molecule has 0 unspecified atom stereocenters. The number of hydrogen-bond acceptors (Lipinski definition) is 5. The molecule has 3 N–H and O–H groups in total. The molecule has 152 valence electrons. The molecule has 0 bridgehead atoms. The summed E-state index contributed by atoms with van der Waals surface area (Å²) in [6.07, 6.45) is 2.39. The molecule has 27 heavy (non-hydrogen) atoms. The fraction of sp³-hybridized carbons (Fsp3) is 0.650. The van der Waals surface area contributed by atoms with Gasteiger partial charge in [0.25, 0.3) is 5.91 Å². The van der Waals surface area contributed by atoms with Crippen LogP contribution in [0.3, 0.4) is 0 Å². The third kappa shape index (κ3) is 7.31. The second-order valence-corrected chi connectivity index (χ2v) is 8.82. The maximum absolute atomic E-state index is 12.1. The summed E-state index contributed by atoms with van der Waals surface area (Å²) in [7, 11) is 1.61. The lowest BCUT2D eigenvalue weighted by atomic mass is 9.98. The zero-order valence-electron chi connectivity index (χ0n) is 16.8. The quantitative estimate of drug-likeness (QED) is 0.578. The smallest absolute Gasteiger partial charge is 0.258 e. The Balaban J connectivity index is 2.02. The van der Waals surface area contributed by atoms with Crippen LogP contribution in [0.2, 0.25) is 0 Å². The highest BCUT2D eigenvalue weighted by atomic mass is 79.9. The maximum Gasteiger partial charge on any atom is 0.258 e. The number of carbonyl (C=O) groups excluding carboxylic acids is 1. The third-order valence-electron chi connectivity index (χ3n) is 4.44. The molecule has 1 fully saturated rings. The monoisotopic (exact) mass is 441 g/mol. The molecule has 1 heterocycles. The van der Waals surface area contributed by atoms with Crippen molar-refractivity contribution in [3.8, 4) is 11.5 Å². The molecule has 1 aliphatic heterocycles. The van der Waals surface area contributed by atoms with E-state index in [9.17, 15) is 4.79 Å². The zero-order valence-corrected chi connectivity index (χ0v) is 18.4.